The molecule has 1 aliphatic heterocycles. The van der Waals surface area contributed by atoms with Crippen molar-refractivity contribution in [3.05, 3.63) is 35.9 Å². The molecule has 8 amide bonds. The van der Waals surface area contributed by atoms with E-state index in [0.717, 1.165) is 0 Å². The summed E-state index contributed by atoms with van der Waals surface area (Å²) in [6, 6.07) is -1.48. The predicted octanol–water partition coefficient (Wildman–Crippen LogP) is -1.37. The molecule has 22 nitrogen and oxygen atoms in total. The van der Waals surface area contributed by atoms with Gasteiger partial charge in [0.15, 0.2) is 0 Å². The Morgan fingerprint density at radius 1 is 0.765 bits per heavy atom. The Balaban J connectivity index is 2.36. The third kappa shape index (κ3) is 19.1. The van der Waals surface area contributed by atoms with Crippen LogP contribution in [0.5, 0.6) is 0 Å². The lowest BCUT2D eigenvalue weighted by Gasteiger charge is -2.32. The number of carbonyl (C=O) groups is 10. The minimum absolute atomic E-state index is 0.0469. The number of hydrogen-bond acceptors (Lipinski definition) is 13. The van der Waals surface area contributed by atoms with Gasteiger partial charge in [0, 0.05) is 13.0 Å². The first kappa shape index (κ1) is 58.3. The zero-order valence-corrected chi connectivity index (χ0v) is 40.7. The summed E-state index contributed by atoms with van der Waals surface area (Å²) in [4.78, 5) is 133. The average Bonchev–Trinajstić information content (AvgIpc) is 3.79. The summed E-state index contributed by atoms with van der Waals surface area (Å²) in [5.41, 5.74) is 6.13. The maximum Gasteiger partial charge on any atom is 0.326 e. The maximum atomic E-state index is 14.5. The van der Waals surface area contributed by atoms with E-state index in [1.807, 2.05) is 27.0 Å². The highest BCUT2D eigenvalue weighted by Crippen LogP contribution is 2.22. The standard InChI is InChI=1S/C45H71N9O13S/c1-8-26(6)37(53-39(60)29(16-18-68-7)48-34(56)22-47-38(59)28(46)23-55)43(64)50-31(19-24(2)3)44(65)54-17-12-15-33(54)41(62)49-30(20-27-13-10-9-11-14-27)40(61)52-36(25(4)5)42(63)51-32(45(66)67)21-35(57)58/h9-11,13-14,24-26,28-33,36-37,55H,8,12,15-23,46H2,1-7H3,(H,47,59)(H,48,56)(H,49,62)(H,50,64)(H,51,63)(H,52,61)(H,53,60)(H,57,58)(H,66,67)/t26-,28-,29-,30-,31-,32-,33-,36-,37-/m0/s1. The van der Waals surface area contributed by atoms with Gasteiger partial charge in [-0.1, -0.05) is 78.3 Å². The fourth-order valence-electron chi connectivity index (χ4n) is 7.30. The van der Waals surface area contributed by atoms with Gasteiger partial charge in [-0.05, 0) is 61.0 Å². The van der Waals surface area contributed by atoms with Gasteiger partial charge >= 0.3 is 11.9 Å². The number of carboxylic acid groups (broad SMARTS) is 2. The van der Waals surface area contributed by atoms with Gasteiger partial charge in [0.05, 0.1) is 19.6 Å². The van der Waals surface area contributed by atoms with Crippen LogP contribution in [0.1, 0.15) is 85.6 Å². The number of hydrogen-bond donors (Lipinski definition) is 11. The molecule has 0 radical (unpaired) electrons. The maximum absolute atomic E-state index is 14.5. The fraction of sp³-hybridized carbons (Fsp3) is 0.644. The van der Waals surface area contributed by atoms with Crippen LogP contribution in [0.15, 0.2) is 30.3 Å². The number of rotatable bonds is 29. The Kier molecular flexibility index (Phi) is 25.0. The molecule has 1 aromatic rings. The Bertz CT molecular complexity index is 1910. The number of nitrogens with two attached hydrogens (primary N) is 1. The van der Waals surface area contributed by atoms with Crippen molar-refractivity contribution in [2.24, 2.45) is 23.5 Å². The van der Waals surface area contributed by atoms with E-state index in [-0.39, 0.29) is 38.1 Å². The molecule has 68 heavy (non-hydrogen) atoms. The number of aliphatic carboxylic acids is 2. The molecule has 1 saturated heterocycles. The van der Waals surface area contributed by atoms with E-state index < -0.39 is 139 Å². The first-order valence-corrected chi connectivity index (χ1v) is 24.2. The van der Waals surface area contributed by atoms with Crippen molar-refractivity contribution >= 4 is 71.0 Å². The number of aliphatic hydroxyl groups is 1. The first-order valence-electron chi connectivity index (χ1n) is 22.8. The topological polar surface area (TPSA) is 345 Å². The van der Waals surface area contributed by atoms with Gasteiger partial charge in [0.2, 0.25) is 47.3 Å². The highest BCUT2D eigenvalue weighted by Gasteiger charge is 2.41. The number of nitrogens with zero attached hydrogens (tertiary/aromatic N) is 1. The second-order valence-electron chi connectivity index (χ2n) is 17.6. The summed E-state index contributed by atoms with van der Waals surface area (Å²) in [5, 5.41) is 45.7. The van der Waals surface area contributed by atoms with E-state index in [1.165, 1.54) is 16.7 Å². The molecule has 9 atom stereocenters. The van der Waals surface area contributed by atoms with E-state index in [9.17, 15) is 53.1 Å². The molecule has 1 fully saturated rings. The summed E-state index contributed by atoms with van der Waals surface area (Å²) < 4.78 is 0. The van der Waals surface area contributed by atoms with Crippen LogP contribution < -0.4 is 43.0 Å². The molecule has 0 bridgehead atoms. The highest BCUT2D eigenvalue weighted by molar-refractivity contribution is 7.98. The number of nitrogens with one attached hydrogen (secondary N) is 7. The third-order valence-electron chi connectivity index (χ3n) is 11.3. The molecule has 23 heteroatoms. The van der Waals surface area contributed by atoms with Gasteiger partial charge in [0.1, 0.15) is 48.3 Å². The quantitative estimate of drug-likeness (QED) is 0.0441. The van der Waals surface area contributed by atoms with Gasteiger partial charge in [-0.3, -0.25) is 43.2 Å². The van der Waals surface area contributed by atoms with E-state index in [4.69, 9.17) is 15.9 Å². The van der Waals surface area contributed by atoms with Crippen LogP contribution in [0.2, 0.25) is 0 Å². The van der Waals surface area contributed by atoms with Crippen LogP contribution in [-0.2, 0) is 54.4 Å². The Labute approximate surface area is 401 Å². The lowest BCUT2D eigenvalue weighted by atomic mass is 9.96. The van der Waals surface area contributed by atoms with Crippen LogP contribution in [0.25, 0.3) is 0 Å². The van der Waals surface area contributed by atoms with Crippen LogP contribution >= 0.6 is 11.8 Å². The summed E-state index contributed by atoms with van der Waals surface area (Å²) in [5.74, 6) is -9.60. The number of carbonyl (C=O) groups excluding carboxylic acids is 8. The van der Waals surface area contributed by atoms with E-state index in [1.54, 1.807) is 51.1 Å². The molecule has 12 N–H and O–H groups in total. The minimum atomic E-state index is -1.78. The van der Waals surface area contributed by atoms with Crippen molar-refractivity contribution in [2.75, 3.05) is 31.7 Å². The Morgan fingerprint density at radius 3 is 1.93 bits per heavy atom. The molecule has 0 aromatic heterocycles. The molecule has 1 aliphatic rings. The summed E-state index contributed by atoms with van der Waals surface area (Å²) in [6.45, 7) is 9.40. The molecule has 0 saturated carbocycles. The zero-order chi connectivity index (χ0) is 51.2. The van der Waals surface area contributed by atoms with E-state index >= 15 is 0 Å². The van der Waals surface area contributed by atoms with Crippen LogP contribution in [0.4, 0.5) is 0 Å². The SMILES string of the molecule is CC[C@H](C)[C@H](NC(=O)[C@H](CCSC)NC(=O)CNC(=O)[C@@H](N)CO)C(=O)N[C@@H](CC(C)C)C(=O)N1CCC[C@H]1C(=O)N[C@@H](Cc1ccccc1)C(=O)N[C@H](C(=O)N[C@@H](CC(=O)O)C(=O)O)C(C)C. The predicted molar refractivity (Wildman–Crippen MR) is 251 cm³/mol. The summed E-state index contributed by atoms with van der Waals surface area (Å²) >= 11 is 1.42. The summed E-state index contributed by atoms with van der Waals surface area (Å²) in [7, 11) is 0. The number of carboxylic acids is 2. The van der Waals surface area contributed by atoms with Crippen LogP contribution in [-0.4, -0.2) is 159 Å². The number of aliphatic hydroxyl groups excluding tert-OH is 1. The lowest BCUT2D eigenvalue weighted by Crippen LogP contribution is -2.61. The first-order chi connectivity index (χ1) is 32.0. The summed E-state index contributed by atoms with van der Waals surface area (Å²) in [6.07, 6.45) is 2.24. The molecule has 380 valence electrons. The Morgan fingerprint density at radius 2 is 1.37 bits per heavy atom. The number of thioether (sulfide) groups is 1. The van der Waals surface area contributed by atoms with Crippen molar-refractivity contribution in [2.45, 2.75) is 135 Å². The average molecular weight is 978 g/mol. The van der Waals surface area contributed by atoms with Gasteiger partial charge in [-0.15, -0.1) is 0 Å². The molecule has 1 aromatic carbocycles. The van der Waals surface area contributed by atoms with E-state index in [0.29, 0.717) is 24.2 Å². The molecule has 1 heterocycles. The van der Waals surface area contributed by atoms with Crippen molar-refractivity contribution < 1.29 is 63.3 Å². The second kappa shape index (κ2) is 29.2. The van der Waals surface area contributed by atoms with Gasteiger partial charge in [-0.25, -0.2) is 4.79 Å². The molecule has 0 unspecified atom stereocenters. The Hall–Kier alpha value is -5.81. The molecule has 0 spiro atoms. The van der Waals surface area contributed by atoms with E-state index in [2.05, 4.69) is 37.2 Å². The largest absolute Gasteiger partial charge is 0.481 e. The van der Waals surface area contributed by atoms with Crippen molar-refractivity contribution in [3.63, 3.8) is 0 Å². The highest BCUT2D eigenvalue weighted by atomic mass is 32.2. The van der Waals surface area contributed by atoms with Crippen LogP contribution in [0.3, 0.4) is 0 Å². The monoisotopic (exact) mass is 977 g/mol. The third-order valence-corrected chi connectivity index (χ3v) is 12.0. The second-order valence-corrected chi connectivity index (χ2v) is 18.6. The molecule has 2 rings (SSSR count). The zero-order valence-electron chi connectivity index (χ0n) is 39.9. The molecular formula is C45H71N9O13S. The number of amides is 8. The van der Waals surface area contributed by atoms with Crippen molar-refractivity contribution in [3.8, 4) is 0 Å². The number of benzene rings is 1. The normalized spacial score (nSPS) is 17.0. The van der Waals surface area contributed by atoms with Crippen molar-refractivity contribution in [1.82, 2.24) is 42.1 Å². The van der Waals surface area contributed by atoms with Crippen molar-refractivity contribution in [1.29, 1.82) is 0 Å². The minimum Gasteiger partial charge on any atom is -0.481 e. The number of likely N-dealkylation sites (tertiary alicyclic amines) is 1. The molecular weight excluding hydrogens is 907 g/mol. The molecule has 0 aliphatic carbocycles. The van der Waals surface area contributed by atoms with Gasteiger partial charge in [0.25, 0.3) is 0 Å². The fourth-order valence-corrected chi connectivity index (χ4v) is 7.77. The van der Waals surface area contributed by atoms with Gasteiger partial charge in [-0.2, -0.15) is 11.8 Å². The van der Waals surface area contributed by atoms with Crippen LogP contribution in [0, 0.1) is 17.8 Å². The smallest absolute Gasteiger partial charge is 0.326 e. The van der Waals surface area contributed by atoms with Gasteiger partial charge < -0.3 is 63.2 Å². The lowest BCUT2D eigenvalue weighted by molar-refractivity contribution is -0.147.